The highest BCUT2D eigenvalue weighted by atomic mass is 16.5. The summed E-state index contributed by atoms with van der Waals surface area (Å²) >= 11 is 0. The Kier molecular flexibility index (Phi) is 9.07. The van der Waals surface area contributed by atoms with E-state index >= 15 is 0 Å². The van der Waals surface area contributed by atoms with Gasteiger partial charge < -0.3 is 24.1 Å². The molecule has 0 bridgehead atoms. The number of tetrazole rings is 1. The Morgan fingerprint density at radius 2 is 1.92 bits per heavy atom. The molecule has 0 aliphatic heterocycles. The number of methoxy groups -OCH3 is 1. The predicted molar refractivity (Wildman–Crippen MR) is 135 cm³/mol. The molecule has 0 radical (unpaired) electrons. The van der Waals surface area contributed by atoms with Gasteiger partial charge in [-0.3, -0.25) is 14.4 Å². The Morgan fingerprint density at radius 1 is 1.16 bits per heavy atom. The largest absolute Gasteiger partial charge is 0.497 e. The SMILES string of the molecule is CCOC(=O)CN(C(=O)Cn1nnc(-c2ccc(OC)cc2)n1)C(C(=O)NC1CCCCC1)c1ccco1. The highest BCUT2D eigenvalue weighted by Crippen LogP contribution is 2.25. The van der Waals surface area contributed by atoms with Crippen LogP contribution in [0.15, 0.2) is 47.1 Å². The number of benzene rings is 1. The van der Waals surface area contributed by atoms with Crippen molar-refractivity contribution >= 4 is 17.8 Å². The van der Waals surface area contributed by atoms with Crippen LogP contribution in [-0.4, -0.2) is 69.2 Å². The molecule has 0 saturated heterocycles. The smallest absolute Gasteiger partial charge is 0.325 e. The summed E-state index contributed by atoms with van der Waals surface area (Å²) in [7, 11) is 1.57. The van der Waals surface area contributed by atoms with Gasteiger partial charge in [0.2, 0.25) is 11.7 Å². The lowest BCUT2D eigenvalue weighted by Crippen LogP contribution is -2.49. The normalized spacial score (nSPS) is 14.5. The van der Waals surface area contributed by atoms with Crippen molar-refractivity contribution in [2.24, 2.45) is 0 Å². The van der Waals surface area contributed by atoms with Crippen LogP contribution in [0.25, 0.3) is 11.4 Å². The number of furan rings is 1. The minimum atomic E-state index is -1.17. The second kappa shape index (κ2) is 12.8. The maximum Gasteiger partial charge on any atom is 0.325 e. The summed E-state index contributed by atoms with van der Waals surface area (Å²) in [6.07, 6.45) is 6.32. The third kappa shape index (κ3) is 6.75. The van der Waals surface area contributed by atoms with Crippen LogP contribution >= 0.6 is 0 Å². The van der Waals surface area contributed by atoms with Gasteiger partial charge in [0.1, 0.15) is 24.6 Å². The van der Waals surface area contributed by atoms with Crippen molar-refractivity contribution in [3.8, 4) is 17.1 Å². The first-order valence-corrected chi connectivity index (χ1v) is 12.7. The van der Waals surface area contributed by atoms with Crippen LogP contribution in [0.3, 0.4) is 0 Å². The van der Waals surface area contributed by atoms with E-state index in [0.29, 0.717) is 17.1 Å². The predicted octanol–water partition coefficient (Wildman–Crippen LogP) is 2.52. The van der Waals surface area contributed by atoms with Crippen LogP contribution in [0.4, 0.5) is 0 Å². The molecule has 1 N–H and O–H groups in total. The number of amides is 2. The lowest BCUT2D eigenvalue weighted by Gasteiger charge is -2.31. The van der Waals surface area contributed by atoms with Gasteiger partial charge in [-0.15, -0.1) is 10.2 Å². The maximum atomic E-state index is 13.6. The van der Waals surface area contributed by atoms with Gasteiger partial charge in [0.05, 0.1) is 20.0 Å². The fraction of sp³-hybridized carbons (Fsp3) is 0.462. The van der Waals surface area contributed by atoms with Crippen LogP contribution in [0.2, 0.25) is 0 Å². The van der Waals surface area contributed by atoms with Gasteiger partial charge in [-0.1, -0.05) is 19.3 Å². The van der Waals surface area contributed by atoms with Crippen molar-refractivity contribution in [3.05, 3.63) is 48.4 Å². The second-order valence-corrected chi connectivity index (χ2v) is 8.96. The van der Waals surface area contributed by atoms with Gasteiger partial charge in [0, 0.05) is 11.6 Å². The molecular weight excluding hydrogens is 492 g/mol. The van der Waals surface area contributed by atoms with Crippen molar-refractivity contribution in [1.29, 1.82) is 0 Å². The van der Waals surface area contributed by atoms with Crippen LogP contribution in [0, 0.1) is 0 Å². The first kappa shape index (κ1) is 26.8. The van der Waals surface area contributed by atoms with Crippen LogP contribution in [0.1, 0.15) is 50.8 Å². The highest BCUT2D eigenvalue weighted by molar-refractivity contribution is 5.90. The fourth-order valence-electron chi connectivity index (χ4n) is 4.45. The van der Waals surface area contributed by atoms with Crippen LogP contribution < -0.4 is 10.1 Å². The number of hydrogen-bond donors (Lipinski definition) is 1. The zero-order valence-corrected chi connectivity index (χ0v) is 21.5. The minimum Gasteiger partial charge on any atom is -0.497 e. The van der Waals surface area contributed by atoms with Crippen molar-refractivity contribution in [2.75, 3.05) is 20.3 Å². The van der Waals surface area contributed by atoms with E-state index in [1.165, 1.54) is 6.26 Å². The van der Waals surface area contributed by atoms with E-state index in [4.69, 9.17) is 13.9 Å². The summed E-state index contributed by atoms with van der Waals surface area (Å²) in [5.74, 6) is -0.405. The molecule has 1 aliphatic carbocycles. The van der Waals surface area contributed by atoms with Gasteiger partial charge in [-0.2, -0.15) is 4.80 Å². The summed E-state index contributed by atoms with van der Waals surface area (Å²) in [6.45, 7) is 1.01. The summed E-state index contributed by atoms with van der Waals surface area (Å²) in [4.78, 5) is 41.8. The standard InChI is InChI=1S/C26H32N6O6/c1-3-37-23(34)17-31(24(21-10-7-15-38-21)26(35)27-19-8-5-4-6-9-19)22(33)16-32-29-25(28-30-32)18-11-13-20(36-2)14-12-18/h7,10-15,19,24H,3-6,8-9,16-17H2,1-2H3,(H,27,35). The molecule has 2 heterocycles. The topological polar surface area (TPSA) is 142 Å². The molecular formula is C26H32N6O6. The van der Waals surface area contributed by atoms with E-state index in [1.807, 2.05) is 0 Å². The van der Waals surface area contributed by atoms with E-state index in [2.05, 4.69) is 20.7 Å². The molecule has 1 atom stereocenters. The number of carbonyl (C=O) groups excluding carboxylic acids is 3. The molecule has 38 heavy (non-hydrogen) atoms. The van der Waals surface area contributed by atoms with E-state index < -0.39 is 30.4 Å². The zero-order valence-electron chi connectivity index (χ0n) is 21.5. The van der Waals surface area contributed by atoms with Crippen LogP contribution in [-0.2, 0) is 25.7 Å². The highest BCUT2D eigenvalue weighted by Gasteiger charge is 2.36. The van der Waals surface area contributed by atoms with Crippen molar-refractivity contribution in [2.45, 2.75) is 57.7 Å². The third-order valence-corrected chi connectivity index (χ3v) is 6.33. The number of hydrogen-bond acceptors (Lipinski definition) is 9. The second-order valence-electron chi connectivity index (χ2n) is 8.96. The minimum absolute atomic E-state index is 0.00251. The molecule has 2 amide bonds. The van der Waals surface area contributed by atoms with E-state index in [1.54, 1.807) is 50.4 Å². The number of ether oxygens (including phenoxy) is 2. The molecule has 3 aromatic rings. The quantitative estimate of drug-likeness (QED) is 0.374. The Bertz CT molecular complexity index is 1200. The molecule has 4 rings (SSSR count). The van der Waals surface area contributed by atoms with E-state index in [-0.39, 0.29) is 25.0 Å². The molecule has 12 heteroatoms. The lowest BCUT2D eigenvalue weighted by atomic mass is 9.95. The number of rotatable bonds is 11. The molecule has 202 valence electrons. The third-order valence-electron chi connectivity index (χ3n) is 6.33. The van der Waals surface area contributed by atoms with Gasteiger partial charge in [-0.05, 0) is 61.4 Å². The molecule has 1 saturated carbocycles. The number of aromatic nitrogens is 4. The van der Waals surface area contributed by atoms with Crippen molar-refractivity contribution in [1.82, 2.24) is 30.4 Å². The summed E-state index contributed by atoms with van der Waals surface area (Å²) in [5.41, 5.74) is 0.688. The van der Waals surface area contributed by atoms with Crippen molar-refractivity contribution < 1.29 is 28.3 Å². The van der Waals surface area contributed by atoms with Crippen LogP contribution in [0.5, 0.6) is 5.75 Å². The molecule has 2 aromatic heterocycles. The maximum absolute atomic E-state index is 13.6. The van der Waals surface area contributed by atoms with Gasteiger partial charge in [0.15, 0.2) is 6.04 Å². The molecule has 1 aliphatic rings. The van der Waals surface area contributed by atoms with Gasteiger partial charge in [-0.25, -0.2) is 0 Å². The number of esters is 1. The van der Waals surface area contributed by atoms with E-state index in [9.17, 15) is 14.4 Å². The Labute approximate surface area is 220 Å². The number of nitrogens with zero attached hydrogens (tertiary/aromatic N) is 5. The first-order chi connectivity index (χ1) is 18.5. The zero-order chi connectivity index (χ0) is 26.9. The average Bonchev–Trinajstić information content (AvgIpc) is 3.62. The molecule has 12 nitrogen and oxygen atoms in total. The fourth-order valence-corrected chi connectivity index (χ4v) is 4.45. The molecule has 1 fully saturated rings. The van der Waals surface area contributed by atoms with Crippen molar-refractivity contribution in [3.63, 3.8) is 0 Å². The molecule has 0 spiro atoms. The molecule has 1 aromatic carbocycles. The summed E-state index contributed by atoms with van der Waals surface area (Å²) in [6, 6.07) is 9.14. The lowest BCUT2D eigenvalue weighted by molar-refractivity contribution is -0.153. The molecule has 1 unspecified atom stereocenters. The van der Waals surface area contributed by atoms with Gasteiger partial charge in [0.25, 0.3) is 5.91 Å². The average molecular weight is 525 g/mol. The van der Waals surface area contributed by atoms with E-state index in [0.717, 1.165) is 41.8 Å². The monoisotopic (exact) mass is 524 g/mol. The number of carbonyl (C=O) groups is 3. The number of nitrogens with one attached hydrogen (secondary N) is 1. The summed E-state index contributed by atoms with van der Waals surface area (Å²) < 4.78 is 15.8. The first-order valence-electron chi connectivity index (χ1n) is 12.7. The Balaban J connectivity index is 1.57. The summed E-state index contributed by atoms with van der Waals surface area (Å²) in [5, 5.41) is 15.4. The Hall–Kier alpha value is -4.22. The van der Waals surface area contributed by atoms with Gasteiger partial charge >= 0.3 is 5.97 Å². The Morgan fingerprint density at radius 3 is 2.58 bits per heavy atom.